The van der Waals surface area contributed by atoms with Gasteiger partial charge in [0.2, 0.25) is 5.95 Å². The third kappa shape index (κ3) is 3.69. The highest BCUT2D eigenvalue weighted by Gasteiger charge is 2.29. The van der Waals surface area contributed by atoms with Crippen LogP contribution < -0.4 is 4.90 Å². The van der Waals surface area contributed by atoms with Gasteiger partial charge in [0.25, 0.3) is 0 Å². The van der Waals surface area contributed by atoms with E-state index < -0.39 is 11.6 Å². The molecule has 1 aliphatic heterocycles. The van der Waals surface area contributed by atoms with Crippen LogP contribution in [0, 0.1) is 11.6 Å². The van der Waals surface area contributed by atoms with Crippen molar-refractivity contribution in [3.05, 3.63) is 52.9 Å². The molecule has 1 fully saturated rings. The first kappa shape index (κ1) is 18.0. The van der Waals surface area contributed by atoms with E-state index in [2.05, 4.69) is 26.7 Å². The van der Waals surface area contributed by atoms with Crippen LogP contribution in [-0.2, 0) is 6.42 Å². The van der Waals surface area contributed by atoms with Crippen molar-refractivity contribution in [1.29, 1.82) is 0 Å². The Morgan fingerprint density at radius 3 is 2.44 bits per heavy atom. The molecular formula is C20H22F2N4O. The number of rotatable bonds is 3. The minimum Gasteiger partial charge on any atom is -0.338 e. The van der Waals surface area contributed by atoms with E-state index in [1.54, 1.807) is 6.20 Å². The molecule has 1 aromatic carbocycles. The van der Waals surface area contributed by atoms with E-state index in [1.165, 1.54) is 12.1 Å². The molecule has 1 aliphatic carbocycles. The number of benzene rings is 1. The third-order valence-electron chi connectivity index (χ3n) is 5.49. The fourth-order valence-corrected chi connectivity index (χ4v) is 3.90. The summed E-state index contributed by atoms with van der Waals surface area (Å²) in [5.74, 6) is -0.965. The number of aromatic nitrogens is 2. The number of hydrogen-bond donors (Lipinski definition) is 0. The molecule has 2 aromatic rings. The lowest BCUT2D eigenvalue weighted by molar-refractivity contribution is 0.0962. The summed E-state index contributed by atoms with van der Waals surface area (Å²) in [6.45, 7) is 6.78. The van der Waals surface area contributed by atoms with Crippen LogP contribution in [-0.4, -0.2) is 53.4 Å². The lowest BCUT2D eigenvalue weighted by atomic mass is 9.82. The van der Waals surface area contributed by atoms with Crippen LogP contribution in [0.3, 0.4) is 0 Å². The van der Waals surface area contributed by atoms with Crippen molar-refractivity contribution in [2.45, 2.75) is 25.7 Å². The van der Waals surface area contributed by atoms with Crippen molar-refractivity contribution in [3.8, 4) is 0 Å². The Balaban J connectivity index is 1.58. The molecule has 1 aromatic heterocycles. The van der Waals surface area contributed by atoms with Gasteiger partial charge in [0, 0.05) is 44.9 Å². The van der Waals surface area contributed by atoms with Crippen molar-refractivity contribution in [1.82, 2.24) is 14.9 Å². The fraction of sp³-hybridized carbons (Fsp3) is 0.450. The maximum Gasteiger partial charge on any atom is 0.225 e. The zero-order valence-corrected chi connectivity index (χ0v) is 15.3. The van der Waals surface area contributed by atoms with Crippen LogP contribution in [0.25, 0.3) is 0 Å². The Morgan fingerprint density at radius 2 is 1.78 bits per heavy atom. The number of anilines is 1. The van der Waals surface area contributed by atoms with Gasteiger partial charge in [-0.1, -0.05) is 6.92 Å². The van der Waals surface area contributed by atoms with Gasteiger partial charge >= 0.3 is 0 Å². The van der Waals surface area contributed by atoms with Gasteiger partial charge in [0.05, 0.1) is 11.3 Å². The molecule has 0 radical (unpaired) electrons. The molecule has 0 bridgehead atoms. The normalized spacial score (nSPS) is 20.6. The summed E-state index contributed by atoms with van der Waals surface area (Å²) < 4.78 is 27.2. The number of halogens is 2. The molecule has 142 valence electrons. The predicted octanol–water partition coefficient (Wildman–Crippen LogP) is 2.81. The van der Waals surface area contributed by atoms with Gasteiger partial charge in [-0.3, -0.25) is 4.79 Å². The summed E-state index contributed by atoms with van der Waals surface area (Å²) in [5.41, 5.74) is 1.70. The number of nitrogens with zero attached hydrogens (tertiary/aromatic N) is 4. The molecule has 2 heterocycles. The summed E-state index contributed by atoms with van der Waals surface area (Å²) >= 11 is 0. The van der Waals surface area contributed by atoms with Gasteiger partial charge in [0.15, 0.2) is 5.78 Å². The molecule has 0 saturated carbocycles. The molecule has 5 nitrogen and oxygen atoms in total. The molecule has 0 spiro atoms. The van der Waals surface area contributed by atoms with E-state index in [0.29, 0.717) is 29.2 Å². The van der Waals surface area contributed by atoms with Crippen molar-refractivity contribution in [2.75, 3.05) is 37.6 Å². The van der Waals surface area contributed by atoms with Gasteiger partial charge < -0.3 is 9.80 Å². The third-order valence-corrected chi connectivity index (χ3v) is 5.49. The van der Waals surface area contributed by atoms with Crippen LogP contribution in [0.15, 0.2) is 24.4 Å². The van der Waals surface area contributed by atoms with Crippen molar-refractivity contribution in [3.63, 3.8) is 0 Å². The van der Waals surface area contributed by atoms with Crippen molar-refractivity contribution in [2.24, 2.45) is 0 Å². The first-order valence-corrected chi connectivity index (χ1v) is 9.36. The van der Waals surface area contributed by atoms with E-state index in [0.717, 1.165) is 38.8 Å². The topological polar surface area (TPSA) is 49.3 Å². The highest BCUT2D eigenvalue weighted by atomic mass is 19.1. The smallest absolute Gasteiger partial charge is 0.225 e. The molecule has 2 aliphatic rings. The monoisotopic (exact) mass is 372 g/mol. The lowest BCUT2D eigenvalue weighted by Gasteiger charge is -2.34. The average Bonchev–Trinajstić information content (AvgIpc) is 2.67. The van der Waals surface area contributed by atoms with Crippen LogP contribution in [0.5, 0.6) is 0 Å². The van der Waals surface area contributed by atoms with Gasteiger partial charge in [-0.2, -0.15) is 0 Å². The molecule has 0 amide bonds. The molecule has 1 saturated heterocycles. The van der Waals surface area contributed by atoms with Gasteiger partial charge in [0.1, 0.15) is 11.6 Å². The number of carbonyl (C=O) groups is 1. The SMILES string of the molecule is CCN1CCN(c2ncc3c(n2)C[C@H](c2cc(F)cc(F)c2)CC3=O)CC1. The number of piperazine rings is 1. The predicted molar refractivity (Wildman–Crippen MR) is 98.1 cm³/mol. The second kappa shape index (κ2) is 7.31. The number of carbonyl (C=O) groups excluding carboxylic acids is 1. The Hall–Kier alpha value is -2.41. The first-order chi connectivity index (χ1) is 13.0. The van der Waals surface area contributed by atoms with E-state index in [-0.39, 0.29) is 18.1 Å². The fourth-order valence-electron chi connectivity index (χ4n) is 3.90. The van der Waals surface area contributed by atoms with E-state index >= 15 is 0 Å². The summed E-state index contributed by atoms with van der Waals surface area (Å²) in [6, 6.07) is 3.45. The quantitative estimate of drug-likeness (QED) is 0.829. The molecule has 0 N–H and O–H groups in total. The number of ketones is 1. The second-order valence-corrected chi connectivity index (χ2v) is 7.18. The van der Waals surface area contributed by atoms with Crippen LogP contribution in [0.4, 0.5) is 14.7 Å². The van der Waals surface area contributed by atoms with Gasteiger partial charge in [-0.05, 0) is 36.6 Å². The molecule has 27 heavy (non-hydrogen) atoms. The van der Waals surface area contributed by atoms with E-state index in [4.69, 9.17) is 0 Å². The zero-order chi connectivity index (χ0) is 19.0. The Labute approximate surface area is 157 Å². The summed E-state index contributed by atoms with van der Waals surface area (Å²) in [5, 5.41) is 0. The number of fused-ring (bicyclic) bond motifs is 1. The van der Waals surface area contributed by atoms with Crippen LogP contribution in [0.2, 0.25) is 0 Å². The summed E-state index contributed by atoms with van der Waals surface area (Å²) in [6.07, 6.45) is 2.30. The Bertz CT molecular complexity index is 845. The standard InChI is InChI=1S/C20H22F2N4O/c1-2-25-3-5-26(6-4-25)20-23-12-17-18(24-20)9-14(10-19(17)27)13-7-15(21)11-16(22)8-13/h7-8,11-12,14H,2-6,9-10H2,1H3/t14-/m0/s1. The molecule has 1 atom stereocenters. The number of likely N-dealkylation sites (N-methyl/N-ethyl adjacent to an activating group) is 1. The van der Waals surface area contributed by atoms with E-state index in [1.807, 2.05) is 0 Å². The van der Waals surface area contributed by atoms with Gasteiger partial charge in [-0.15, -0.1) is 0 Å². The Morgan fingerprint density at radius 1 is 1.07 bits per heavy atom. The number of hydrogen-bond acceptors (Lipinski definition) is 5. The maximum absolute atomic E-state index is 13.6. The second-order valence-electron chi connectivity index (χ2n) is 7.18. The highest BCUT2D eigenvalue weighted by molar-refractivity contribution is 5.98. The van der Waals surface area contributed by atoms with Gasteiger partial charge in [-0.25, -0.2) is 18.7 Å². The molecule has 0 unspecified atom stereocenters. The summed E-state index contributed by atoms with van der Waals surface area (Å²) in [4.78, 5) is 26.1. The van der Waals surface area contributed by atoms with Crippen molar-refractivity contribution >= 4 is 11.7 Å². The Kier molecular flexibility index (Phi) is 4.86. The van der Waals surface area contributed by atoms with Crippen molar-refractivity contribution < 1.29 is 13.6 Å². The average molecular weight is 372 g/mol. The first-order valence-electron chi connectivity index (χ1n) is 9.36. The largest absolute Gasteiger partial charge is 0.338 e. The highest BCUT2D eigenvalue weighted by Crippen LogP contribution is 2.33. The molecule has 7 heteroatoms. The maximum atomic E-state index is 13.6. The van der Waals surface area contributed by atoms with Crippen LogP contribution in [0.1, 0.15) is 40.9 Å². The minimum atomic E-state index is -0.625. The van der Waals surface area contributed by atoms with Crippen LogP contribution >= 0.6 is 0 Å². The lowest BCUT2D eigenvalue weighted by Crippen LogP contribution is -2.46. The molecule has 4 rings (SSSR count). The number of Topliss-reactive ketones (excluding diaryl/α,β-unsaturated/α-hetero) is 1. The molecular weight excluding hydrogens is 350 g/mol. The van der Waals surface area contributed by atoms with E-state index in [9.17, 15) is 13.6 Å². The summed E-state index contributed by atoms with van der Waals surface area (Å²) in [7, 11) is 0. The minimum absolute atomic E-state index is 0.0757. The zero-order valence-electron chi connectivity index (χ0n) is 15.3.